The highest BCUT2D eigenvalue weighted by Crippen LogP contribution is 2.22. The molecule has 9 heteroatoms. The summed E-state index contributed by atoms with van der Waals surface area (Å²) in [5.74, 6) is -1.44. The van der Waals surface area contributed by atoms with Crippen LogP contribution in [0.4, 0.5) is 18.0 Å². The quantitative estimate of drug-likeness (QED) is 0.811. The summed E-state index contributed by atoms with van der Waals surface area (Å²) in [6, 6.07) is -0.603. The number of aliphatic carboxylic acids is 1. The first-order valence-electron chi connectivity index (χ1n) is 6.06. The fourth-order valence-corrected chi connectivity index (χ4v) is 2.28. The van der Waals surface area contributed by atoms with E-state index in [2.05, 4.69) is 10.1 Å². The van der Waals surface area contributed by atoms with Gasteiger partial charge >= 0.3 is 18.2 Å². The fraction of sp³-hybridized carbons (Fsp3) is 0.818. The predicted octanol–water partition coefficient (Wildman–Crippen LogP) is 1.07. The second-order valence-electron chi connectivity index (χ2n) is 4.77. The van der Waals surface area contributed by atoms with Gasteiger partial charge in [-0.1, -0.05) is 0 Å². The number of methoxy groups -OCH3 is 1. The number of carboxylic acids is 1. The van der Waals surface area contributed by atoms with E-state index in [1.54, 1.807) is 0 Å². The molecule has 1 fully saturated rings. The van der Waals surface area contributed by atoms with Crippen molar-refractivity contribution < 1.29 is 32.6 Å². The molecule has 0 saturated carbocycles. The third-order valence-electron chi connectivity index (χ3n) is 3.02. The Labute approximate surface area is 113 Å². The third kappa shape index (κ3) is 5.64. The molecule has 2 unspecified atom stereocenters. The first kappa shape index (κ1) is 16.5. The summed E-state index contributed by atoms with van der Waals surface area (Å²) in [5, 5.41) is 11.1. The fourth-order valence-electron chi connectivity index (χ4n) is 2.28. The molecule has 116 valence electrons. The topological polar surface area (TPSA) is 78.9 Å². The van der Waals surface area contributed by atoms with Gasteiger partial charge in [-0.15, -0.1) is 0 Å². The van der Waals surface area contributed by atoms with E-state index in [0.717, 1.165) is 0 Å². The van der Waals surface area contributed by atoms with Gasteiger partial charge in [0.2, 0.25) is 0 Å². The highest BCUT2D eigenvalue weighted by molar-refractivity contribution is 5.69. The molecule has 1 saturated heterocycles. The van der Waals surface area contributed by atoms with Gasteiger partial charge in [0.25, 0.3) is 0 Å². The molecule has 0 aromatic rings. The molecule has 1 amide bonds. The summed E-state index contributed by atoms with van der Waals surface area (Å²) in [6.45, 7) is -0.936. The van der Waals surface area contributed by atoms with Crippen LogP contribution in [-0.4, -0.2) is 61.0 Å². The lowest BCUT2D eigenvalue weighted by atomic mass is 9.91. The van der Waals surface area contributed by atoms with Crippen LogP contribution in [0.3, 0.4) is 0 Å². The van der Waals surface area contributed by atoms with Gasteiger partial charge in [0, 0.05) is 25.6 Å². The van der Waals surface area contributed by atoms with E-state index >= 15 is 0 Å². The SMILES string of the molecule is COC(=O)N1CC(CC(=O)O)CC(NCC(F)(F)F)C1. The number of alkyl halides is 3. The van der Waals surface area contributed by atoms with Gasteiger partial charge < -0.3 is 20.1 Å². The zero-order chi connectivity index (χ0) is 15.3. The number of hydrogen-bond donors (Lipinski definition) is 2. The summed E-state index contributed by atoms with van der Waals surface area (Å²) in [4.78, 5) is 23.4. The Hall–Kier alpha value is -1.51. The smallest absolute Gasteiger partial charge is 0.409 e. The molecule has 0 aromatic heterocycles. The number of rotatable bonds is 4. The summed E-state index contributed by atoms with van der Waals surface area (Å²) in [6.07, 6.45) is -4.94. The van der Waals surface area contributed by atoms with Crippen molar-refractivity contribution in [2.45, 2.75) is 25.1 Å². The van der Waals surface area contributed by atoms with Crippen molar-refractivity contribution in [3.63, 3.8) is 0 Å². The van der Waals surface area contributed by atoms with Gasteiger partial charge in [-0.05, 0) is 12.3 Å². The van der Waals surface area contributed by atoms with Crippen molar-refractivity contribution in [1.82, 2.24) is 10.2 Å². The van der Waals surface area contributed by atoms with Crippen LogP contribution in [0.15, 0.2) is 0 Å². The molecule has 0 aliphatic carbocycles. The van der Waals surface area contributed by atoms with Gasteiger partial charge in [0.15, 0.2) is 0 Å². The second kappa shape index (κ2) is 6.78. The number of halogens is 3. The minimum Gasteiger partial charge on any atom is -0.481 e. The van der Waals surface area contributed by atoms with Crippen LogP contribution in [-0.2, 0) is 9.53 Å². The number of piperidine rings is 1. The van der Waals surface area contributed by atoms with Crippen molar-refractivity contribution in [2.75, 3.05) is 26.7 Å². The number of nitrogens with one attached hydrogen (secondary N) is 1. The highest BCUT2D eigenvalue weighted by atomic mass is 19.4. The van der Waals surface area contributed by atoms with Crippen LogP contribution in [0.2, 0.25) is 0 Å². The van der Waals surface area contributed by atoms with Gasteiger partial charge in [0.05, 0.1) is 13.7 Å². The molecule has 2 N–H and O–H groups in total. The number of carbonyl (C=O) groups is 2. The standard InChI is InChI=1S/C11H17F3N2O4/c1-20-10(19)16-4-7(3-9(17)18)2-8(5-16)15-6-11(12,13)14/h7-8,15H,2-6H2,1H3,(H,17,18). The largest absolute Gasteiger partial charge is 0.481 e. The predicted molar refractivity (Wildman–Crippen MR) is 62.2 cm³/mol. The van der Waals surface area contributed by atoms with E-state index in [-0.39, 0.29) is 25.9 Å². The Morgan fingerprint density at radius 3 is 2.55 bits per heavy atom. The first-order valence-corrected chi connectivity index (χ1v) is 6.06. The zero-order valence-corrected chi connectivity index (χ0v) is 10.9. The number of carbonyl (C=O) groups excluding carboxylic acids is 1. The maximum Gasteiger partial charge on any atom is 0.409 e. The van der Waals surface area contributed by atoms with Gasteiger partial charge in [-0.25, -0.2) is 4.79 Å². The van der Waals surface area contributed by atoms with Crippen molar-refractivity contribution in [3.05, 3.63) is 0 Å². The Morgan fingerprint density at radius 2 is 2.05 bits per heavy atom. The second-order valence-corrected chi connectivity index (χ2v) is 4.77. The van der Waals surface area contributed by atoms with E-state index in [1.807, 2.05) is 0 Å². The normalized spacial score (nSPS) is 23.5. The zero-order valence-electron chi connectivity index (χ0n) is 10.9. The molecule has 1 heterocycles. The number of hydrogen-bond acceptors (Lipinski definition) is 4. The van der Waals surface area contributed by atoms with Crippen LogP contribution in [0.1, 0.15) is 12.8 Å². The minimum atomic E-state index is -4.35. The number of amides is 1. The van der Waals surface area contributed by atoms with Crippen LogP contribution in [0.5, 0.6) is 0 Å². The summed E-state index contributed by atoms with van der Waals surface area (Å²) >= 11 is 0. The van der Waals surface area contributed by atoms with E-state index in [1.165, 1.54) is 12.0 Å². The lowest BCUT2D eigenvalue weighted by Gasteiger charge is -2.37. The van der Waals surface area contributed by atoms with Crippen molar-refractivity contribution >= 4 is 12.1 Å². The van der Waals surface area contributed by atoms with Crippen LogP contribution in [0, 0.1) is 5.92 Å². The van der Waals surface area contributed by atoms with Crippen LogP contribution in [0.25, 0.3) is 0 Å². The Kier molecular flexibility index (Phi) is 5.61. The molecule has 2 atom stereocenters. The Morgan fingerprint density at radius 1 is 1.40 bits per heavy atom. The molecule has 1 aliphatic heterocycles. The average molecular weight is 298 g/mol. The van der Waals surface area contributed by atoms with E-state index < -0.39 is 36.7 Å². The van der Waals surface area contributed by atoms with E-state index in [9.17, 15) is 22.8 Å². The monoisotopic (exact) mass is 298 g/mol. The van der Waals surface area contributed by atoms with Crippen molar-refractivity contribution in [3.8, 4) is 0 Å². The van der Waals surface area contributed by atoms with Crippen LogP contribution < -0.4 is 5.32 Å². The van der Waals surface area contributed by atoms with Crippen molar-refractivity contribution in [1.29, 1.82) is 0 Å². The molecule has 1 rings (SSSR count). The number of carboxylic acid groups (broad SMARTS) is 1. The van der Waals surface area contributed by atoms with Crippen LogP contribution >= 0.6 is 0 Å². The number of nitrogens with zero attached hydrogens (tertiary/aromatic N) is 1. The molecule has 6 nitrogen and oxygen atoms in total. The highest BCUT2D eigenvalue weighted by Gasteiger charge is 2.34. The van der Waals surface area contributed by atoms with Crippen molar-refractivity contribution in [2.24, 2.45) is 5.92 Å². The van der Waals surface area contributed by atoms with E-state index in [4.69, 9.17) is 5.11 Å². The summed E-state index contributed by atoms with van der Waals surface area (Å²) < 4.78 is 41.1. The van der Waals surface area contributed by atoms with Gasteiger partial charge in [-0.3, -0.25) is 4.79 Å². The third-order valence-corrected chi connectivity index (χ3v) is 3.02. The Balaban J connectivity index is 2.64. The number of ether oxygens (including phenoxy) is 1. The lowest BCUT2D eigenvalue weighted by Crippen LogP contribution is -2.53. The first-order chi connectivity index (χ1) is 9.21. The molecule has 0 bridgehead atoms. The van der Waals surface area contributed by atoms with E-state index in [0.29, 0.717) is 0 Å². The molecular weight excluding hydrogens is 281 g/mol. The molecule has 1 aliphatic rings. The molecular formula is C11H17F3N2O4. The lowest BCUT2D eigenvalue weighted by molar-refractivity contribution is -0.139. The molecule has 20 heavy (non-hydrogen) atoms. The maximum absolute atomic E-state index is 12.2. The molecule has 0 aromatic carbocycles. The summed E-state index contributed by atoms with van der Waals surface area (Å²) in [5.41, 5.74) is 0. The Bertz CT molecular complexity index is 362. The molecule has 0 spiro atoms. The minimum absolute atomic E-state index is 0.0683. The maximum atomic E-state index is 12.2. The molecule has 0 radical (unpaired) electrons. The number of likely N-dealkylation sites (tertiary alicyclic amines) is 1. The van der Waals surface area contributed by atoms with Gasteiger partial charge in [0.1, 0.15) is 0 Å². The average Bonchev–Trinajstić information content (AvgIpc) is 2.33. The summed E-state index contributed by atoms with van der Waals surface area (Å²) in [7, 11) is 1.17. The van der Waals surface area contributed by atoms with Gasteiger partial charge in [-0.2, -0.15) is 13.2 Å².